The van der Waals surface area contributed by atoms with Crippen molar-refractivity contribution in [1.29, 1.82) is 0 Å². The van der Waals surface area contributed by atoms with Crippen LogP contribution in [0, 0.1) is 11.6 Å². The average molecular weight is 271 g/mol. The lowest BCUT2D eigenvalue weighted by Crippen LogP contribution is -2.38. The van der Waals surface area contributed by atoms with E-state index in [0.717, 1.165) is 6.07 Å². The monoisotopic (exact) mass is 271 g/mol. The SMILES string of the molecule is NCC1(c2ccc(F)cc2F)CCOCCOCC1. The molecule has 1 aromatic carbocycles. The highest BCUT2D eigenvalue weighted by Gasteiger charge is 2.33. The lowest BCUT2D eigenvalue weighted by atomic mass is 9.75. The lowest BCUT2D eigenvalue weighted by molar-refractivity contribution is 0.0584. The van der Waals surface area contributed by atoms with Crippen LogP contribution in [0.25, 0.3) is 0 Å². The number of hydrogen-bond acceptors (Lipinski definition) is 3. The van der Waals surface area contributed by atoms with Crippen molar-refractivity contribution in [3.63, 3.8) is 0 Å². The average Bonchev–Trinajstić information content (AvgIpc) is 2.51. The molecule has 0 aliphatic carbocycles. The highest BCUT2D eigenvalue weighted by atomic mass is 19.1. The third-order valence-corrected chi connectivity index (χ3v) is 3.72. The minimum atomic E-state index is -0.580. The van der Waals surface area contributed by atoms with Gasteiger partial charge in [0.05, 0.1) is 13.2 Å². The molecule has 0 unspecified atom stereocenters. The minimum absolute atomic E-state index is 0.280. The Kier molecular flexibility index (Phi) is 4.85. The first-order valence-corrected chi connectivity index (χ1v) is 6.49. The van der Waals surface area contributed by atoms with Crippen molar-refractivity contribution in [3.05, 3.63) is 35.4 Å². The molecule has 0 bridgehead atoms. The van der Waals surface area contributed by atoms with Gasteiger partial charge >= 0.3 is 0 Å². The zero-order chi connectivity index (χ0) is 13.7. The summed E-state index contributed by atoms with van der Waals surface area (Å²) in [5.74, 6) is -1.13. The van der Waals surface area contributed by atoms with E-state index in [1.54, 1.807) is 0 Å². The largest absolute Gasteiger partial charge is 0.379 e. The van der Waals surface area contributed by atoms with E-state index in [-0.39, 0.29) is 6.54 Å². The zero-order valence-corrected chi connectivity index (χ0v) is 10.8. The Labute approximate surface area is 111 Å². The van der Waals surface area contributed by atoms with Gasteiger partial charge in [0.2, 0.25) is 0 Å². The molecule has 1 saturated heterocycles. The number of hydrogen-bond donors (Lipinski definition) is 1. The standard InChI is InChI=1S/C14H19F2NO2/c15-11-1-2-12(13(16)9-11)14(10-17)3-5-18-7-8-19-6-4-14/h1-2,9H,3-8,10,17H2. The third kappa shape index (κ3) is 3.29. The predicted molar refractivity (Wildman–Crippen MR) is 68.0 cm³/mol. The van der Waals surface area contributed by atoms with Crippen molar-refractivity contribution in [1.82, 2.24) is 0 Å². The Hall–Kier alpha value is -1.04. The van der Waals surface area contributed by atoms with Crippen LogP contribution in [0.2, 0.25) is 0 Å². The van der Waals surface area contributed by atoms with Crippen LogP contribution in [0.1, 0.15) is 18.4 Å². The van der Waals surface area contributed by atoms with E-state index >= 15 is 0 Å². The summed E-state index contributed by atoms with van der Waals surface area (Å²) in [5, 5.41) is 0. The molecule has 0 saturated carbocycles. The second-order valence-electron chi connectivity index (χ2n) is 4.83. The summed E-state index contributed by atoms with van der Waals surface area (Å²) in [6.07, 6.45) is 1.21. The topological polar surface area (TPSA) is 44.5 Å². The van der Waals surface area contributed by atoms with E-state index < -0.39 is 17.0 Å². The van der Waals surface area contributed by atoms with E-state index in [1.165, 1.54) is 12.1 Å². The second kappa shape index (κ2) is 6.41. The van der Waals surface area contributed by atoms with Gasteiger partial charge in [0.15, 0.2) is 0 Å². The molecule has 1 fully saturated rings. The van der Waals surface area contributed by atoms with Gasteiger partial charge in [0, 0.05) is 31.2 Å². The van der Waals surface area contributed by atoms with Crippen molar-refractivity contribution >= 4 is 0 Å². The Balaban J connectivity index is 2.32. The fraction of sp³-hybridized carbons (Fsp3) is 0.571. The smallest absolute Gasteiger partial charge is 0.129 e. The highest BCUT2D eigenvalue weighted by Crippen LogP contribution is 2.33. The first kappa shape index (κ1) is 14.4. The maximum absolute atomic E-state index is 14.0. The van der Waals surface area contributed by atoms with E-state index in [9.17, 15) is 8.78 Å². The summed E-state index contributed by atoms with van der Waals surface area (Å²) in [5.41, 5.74) is 5.77. The van der Waals surface area contributed by atoms with Crippen LogP contribution in [-0.2, 0) is 14.9 Å². The zero-order valence-electron chi connectivity index (χ0n) is 10.8. The molecular formula is C14H19F2NO2. The van der Waals surface area contributed by atoms with Gasteiger partial charge in [-0.3, -0.25) is 0 Å². The van der Waals surface area contributed by atoms with Crippen LogP contribution in [0.3, 0.4) is 0 Å². The van der Waals surface area contributed by atoms with E-state index in [4.69, 9.17) is 15.2 Å². The lowest BCUT2D eigenvalue weighted by Gasteiger charge is -2.33. The summed E-state index contributed by atoms with van der Waals surface area (Å²) >= 11 is 0. The molecule has 0 atom stereocenters. The molecule has 3 nitrogen and oxygen atoms in total. The van der Waals surface area contributed by atoms with Gasteiger partial charge in [-0.2, -0.15) is 0 Å². The summed E-state index contributed by atoms with van der Waals surface area (Å²) in [6, 6.07) is 3.65. The van der Waals surface area contributed by atoms with Crippen LogP contribution >= 0.6 is 0 Å². The second-order valence-corrected chi connectivity index (χ2v) is 4.83. The minimum Gasteiger partial charge on any atom is -0.379 e. The molecule has 1 aromatic rings. The molecule has 0 spiro atoms. The maximum Gasteiger partial charge on any atom is 0.129 e. The Morgan fingerprint density at radius 3 is 2.21 bits per heavy atom. The number of halogens is 2. The van der Waals surface area contributed by atoms with Crippen molar-refractivity contribution in [3.8, 4) is 0 Å². The van der Waals surface area contributed by atoms with Gasteiger partial charge in [-0.15, -0.1) is 0 Å². The van der Waals surface area contributed by atoms with E-state index in [2.05, 4.69) is 0 Å². The van der Waals surface area contributed by atoms with Crippen molar-refractivity contribution in [2.75, 3.05) is 33.0 Å². The van der Waals surface area contributed by atoms with Crippen molar-refractivity contribution in [2.45, 2.75) is 18.3 Å². The van der Waals surface area contributed by atoms with Gasteiger partial charge < -0.3 is 15.2 Å². The molecular weight excluding hydrogens is 252 g/mol. The quantitative estimate of drug-likeness (QED) is 0.894. The van der Waals surface area contributed by atoms with E-state index in [0.29, 0.717) is 44.8 Å². The molecule has 5 heteroatoms. The van der Waals surface area contributed by atoms with Gasteiger partial charge in [-0.05, 0) is 24.5 Å². The number of benzene rings is 1. The first-order chi connectivity index (χ1) is 9.18. The first-order valence-electron chi connectivity index (χ1n) is 6.49. The molecule has 1 aliphatic rings. The Morgan fingerprint density at radius 1 is 1.05 bits per heavy atom. The number of ether oxygens (including phenoxy) is 2. The number of nitrogens with two attached hydrogens (primary N) is 1. The predicted octanol–water partition coefficient (Wildman–Crippen LogP) is 1.99. The van der Waals surface area contributed by atoms with Gasteiger partial charge in [-0.1, -0.05) is 6.07 Å². The maximum atomic E-state index is 14.0. The molecule has 1 aliphatic heterocycles. The van der Waals surface area contributed by atoms with Crippen molar-refractivity contribution < 1.29 is 18.3 Å². The Bertz CT molecular complexity index is 416. The van der Waals surface area contributed by atoms with Crippen molar-refractivity contribution in [2.24, 2.45) is 5.73 Å². The molecule has 2 rings (SSSR count). The molecule has 0 radical (unpaired) electrons. The van der Waals surface area contributed by atoms with Crippen LogP contribution in [0.4, 0.5) is 8.78 Å². The normalized spacial score (nSPS) is 20.4. The molecule has 2 N–H and O–H groups in total. The van der Waals surface area contributed by atoms with E-state index in [1.807, 2.05) is 0 Å². The Morgan fingerprint density at radius 2 is 1.68 bits per heavy atom. The van der Waals surface area contributed by atoms with Gasteiger partial charge in [0.25, 0.3) is 0 Å². The fourth-order valence-electron chi connectivity index (χ4n) is 2.49. The molecule has 1 heterocycles. The molecule has 19 heavy (non-hydrogen) atoms. The number of rotatable bonds is 2. The molecule has 0 amide bonds. The summed E-state index contributed by atoms with van der Waals surface area (Å²) in [7, 11) is 0. The highest BCUT2D eigenvalue weighted by molar-refractivity contribution is 5.28. The molecule has 0 aromatic heterocycles. The summed E-state index contributed by atoms with van der Waals surface area (Å²) in [6.45, 7) is 2.34. The third-order valence-electron chi connectivity index (χ3n) is 3.72. The van der Waals surface area contributed by atoms with Gasteiger partial charge in [0.1, 0.15) is 11.6 Å². The van der Waals surface area contributed by atoms with Gasteiger partial charge in [-0.25, -0.2) is 8.78 Å². The molecule has 106 valence electrons. The summed E-state index contributed by atoms with van der Waals surface area (Å²) in [4.78, 5) is 0. The van der Waals surface area contributed by atoms with Crippen LogP contribution in [0.5, 0.6) is 0 Å². The summed E-state index contributed by atoms with van der Waals surface area (Å²) < 4.78 is 37.9. The van der Waals surface area contributed by atoms with Crippen LogP contribution in [0.15, 0.2) is 18.2 Å². The van der Waals surface area contributed by atoms with Crippen LogP contribution < -0.4 is 5.73 Å². The van der Waals surface area contributed by atoms with Crippen LogP contribution in [-0.4, -0.2) is 33.0 Å². The fourth-order valence-corrected chi connectivity index (χ4v) is 2.49.